The predicted octanol–water partition coefficient (Wildman–Crippen LogP) is 2.83. The smallest absolute Gasteiger partial charge is 0.0126 e. The Morgan fingerprint density at radius 3 is 2.18 bits per heavy atom. The van der Waals surface area contributed by atoms with Gasteiger partial charge in [0.1, 0.15) is 0 Å². The van der Waals surface area contributed by atoms with Gasteiger partial charge in [0.15, 0.2) is 0 Å². The van der Waals surface area contributed by atoms with E-state index in [1.807, 2.05) is 0 Å². The van der Waals surface area contributed by atoms with Crippen molar-refractivity contribution in [3.63, 3.8) is 0 Å². The van der Waals surface area contributed by atoms with Gasteiger partial charge in [-0.15, -0.1) is 0 Å². The monoisotopic (exact) mass is 236 g/mol. The maximum absolute atomic E-state index is 4.05. The van der Waals surface area contributed by atoms with Crippen LogP contribution in [0.4, 0.5) is 0 Å². The van der Waals surface area contributed by atoms with Gasteiger partial charge in [-0.05, 0) is 57.0 Å². The van der Waals surface area contributed by atoms with Crippen LogP contribution in [0, 0.1) is 5.41 Å². The zero-order chi connectivity index (χ0) is 11.6. The molecule has 0 aromatic heterocycles. The third-order valence-corrected chi connectivity index (χ3v) is 5.53. The minimum absolute atomic E-state index is 0.711. The zero-order valence-corrected chi connectivity index (χ0v) is 11.1. The first kappa shape index (κ1) is 12.0. The number of hydrogen-bond donors (Lipinski definition) is 2. The molecule has 3 rings (SSSR count). The van der Waals surface area contributed by atoms with E-state index in [9.17, 15) is 0 Å². The molecule has 2 aliphatic carbocycles. The van der Waals surface area contributed by atoms with Gasteiger partial charge in [-0.25, -0.2) is 0 Å². The fraction of sp³-hybridized carbons (Fsp3) is 1.00. The van der Waals surface area contributed by atoms with Gasteiger partial charge in [-0.1, -0.05) is 25.7 Å². The van der Waals surface area contributed by atoms with Crippen molar-refractivity contribution in [2.24, 2.45) is 5.41 Å². The van der Waals surface area contributed by atoms with Crippen LogP contribution in [0.3, 0.4) is 0 Å². The van der Waals surface area contributed by atoms with Crippen molar-refractivity contribution >= 4 is 0 Å². The molecule has 3 aliphatic rings. The van der Waals surface area contributed by atoms with E-state index < -0.39 is 0 Å². The molecule has 1 aliphatic heterocycles. The van der Waals surface area contributed by atoms with Crippen molar-refractivity contribution in [3.05, 3.63) is 0 Å². The van der Waals surface area contributed by atoms with Crippen LogP contribution in [-0.2, 0) is 0 Å². The molecule has 1 atom stereocenters. The van der Waals surface area contributed by atoms with Crippen LogP contribution in [0.2, 0.25) is 0 Å². The Morgan fingerprint density at radius 1 is 0.824 bits per heavy atom. The molecule has 17 heavy (non-hydrogen) atoms. The molecule has 2 saturated carbocycles. The Labute approximate surface area is 106 Å². The van der Waals surface area contributed by atoms with E-state index in [1.165, 1.54) is 77.3 Å². The van der Waals surface area contributed by atoms with Crippen molar-refractivity contribution in [2.45, 2.75) is 76.3 Å². The van der Waals surface area contributed by atoms with Crippen LogP contribution in [0.5, 0.6) is 0 Å². The topological polar surface area (TPSA) is 24.1 Å². The van der Waals surface area contributed by atoms with E-state index in [-0.39, 0.29) is 0 Å². The summed E-state index contributed by atoms with van der Waals surface area (Å²) < 4.78 is 0. The average molecular weight is 236 g/mol. The fourth-order valence-electron chi connectivity index (χ4n) is 4.52. The van der Waals surface area contributed by atoms with Gasteiger partial charge in [0.25, 0.3) is 0 Å². The summed E-state index contributed by atoms with van der Waals surface area (Å²) in [4.78, 5) is 0. The van der Waals surface area contributed by atoms with E-state index >= 15 is 0 Å². The highest BCUT2D eigenvalue weighted by Gasteiger charge is 2.43. The Kier molecular flexibility index (Phi) is 3.72. The Hall–Kier alpha value is -0.0800. The summed E-state index contributed by atoms with van der Waals surface area (Å²) in [5.41, 5.74) is 0.711. The molecule has 1 spiro atoms. The van der Waals surface area contributed by atoms with Crippen LogP contribution < -0.4 is 10.6 Å². The quantitative estimate of drug-likeness (QED) is 0.770. The highest BCUT2D eigenvalue weighted by molar-refractivity contribution is 4.98. The third kappa shape index (κ3) is 2.53. The molecule has 0 radical (unpaired) electrons. The minimum atomic E-state index is 0.711. The van der Waals surface area contributed by atoms with Gasteiger partial charge < -0.3 is 10.6 Å². The van der Waals surface area contributed by atoms with Crippen LogP contribution >= 0.6 is 0 Å². The lowest BCUT2D eigenvalue weighted by molar-refractivity contribution is 0.115. The number of nitrogens with one attached hydrogen (secondary N) is 2. The normalized spacial score (nSPS) is 34.2. The largest absolute Gasteiger partial charge is 0.317 e. The van der Waals surface area contributed by atoms with Crippen LogP contribution in [0.25, 0.3) is 0 Å². The first-order valence-electron chi connectivity index (χ1n) is 7.86. The summed E-state index contributed by atoms with van der Waals surface area (Å²) in [6, 6.07) is 1.65. The van der Waals surface area contributed by atoms with Crippen molar-refractivity contribution in [2.75, 3.05) is 13.1 Å². The molecule has 2 heteroatoms. The Morgan fingerprint density at radius 2 is 1.47 bits per heavy atom. The predicted molar refractivity (Wildman–Crippen MR) is 72.2 cm³/mol. The second-order valence-electron chi connectivity index (χ2n) is 6.56. The number of rotatable bonds is 2. The van der Waals surface area contributed by atoms with Crippen molar-refractivity contribution < 1.29 is 0 Å². The van der Waals surface area contributed by atoms with Crippen LogP contribution in [0.1, 0.15) is 64.2 Å². The molecule has 1 saturated heterocycles. The maximum Gasteiger partial charge on any atom is 0.0126 e. The summed E-state index contributed by atoms with van der Waals surface area (Å²) in [6.07, 6.45) is 14.6. The molecule has 2 N–H and O–H groups in total. The van der Waals surface area contributed by atoms with Gasteiger partial charge in [0.2, 0.25) is 0 Å². The van der Waals surface area contributed by atoms with Gasteiger partial charge in [0, 0.05) is 12.1 Å². The molecular weight excluding hydrogens is 208 g/mol. The van der Waals surface area contributed by atoms with Gasteiger partial charge in [0.05, 0.1) is 0 Å². The van der Waals surface area contributed by atoms with E-state index in [4.69, 9.17) is 0 Å². The first-order valence-corrected chi connectivity index (χ1v) is 7.86. The minimum Gasteiger partial charge on any atom is -0.317 e. The number of piperidine rings is 1. The molecule has 2 nitrogen and oxygen atoms in total. The third-order valence-electron chi connectivity index (χ3n) is 5.53. The fourth-order valence-corrected chi connectivity index (χ4v) is 4.52. The maximum atomic E-state index is 4.05. The SMILES string of the molecule is C1CCC2(CCCC2)C(NC2CCNCC2)C1. The molecule has 0 aromatic carbocycles. The second kappa shape index (κ2) is 5.27. The summed E-state index contributed by atoms with van der Waals surface area (Å²) in [5.74, 6) is 0. The zero-order valence-electron chi connectivity index (χ0n) is 11.1. The second-order valence-corrected chi connectivity index (χ2v) is 6.56. The van der Waals surface area contributed by atoms with Crippen molar-refractivity contribution in [3.8, 4) is 0 Å². The Bertz CT molecular complexity index is 239. The molecule has 0 bridgehead atoms. The van der Waals surface area contributed by atoms with E-state index in [2.05, 4.69) is 10.6 Å². The highest BCUT2D eigenvalue weighted by Crippen LogP contribution is 2.49. The lowest BCUT2D eigenvalue weighted by atomic mass is 9.68. The molecule has 1 heterocycles. The molecular formula is C15H28N2. The average Bonchev–Trinajstić information content (AvgIpc) is 2.83. The van der Waals surface area contributed by atoms with Crippen molar-refractivity contribution in [1.29, 1.82) is 0 Å². The van der Waals surface area contributed by atoms with Crippen LogP contribution in [-0.4, -0.2) is 25.2 Å². The molecule has 98 valence electrons. The summed E-state index contributed by atoms with van der Waals surface area (Å²) in [5, 5.41) is 7.52. The standard InChI is InChI=1S/C15H28N2/c1-2-8-15(9-3-4-10-15)14(5-1)17-13-6-11-16-12-7-13/h13-14,16-17H,1-12H2. The molecule has 1 unspecified atom stereocenters. The summed E-state index contributed by atoms with van der Waals surface area (Å²) in [7, 11) is 0. The highest BCUT2D eigenvalue weighted by atomic mass is 15.0. The van der Waals surface area contributed by atoms with E-state index in [0.29, 0.717) is 5.41 Å². The van der Waals surface area contributed by atoms with E-state index in [0.717, 1.165) is 12.1 Å². The Balaban J connectivity index is 1.62. The molecule has 0 aromatic rings. The molecule has 0 amide bonds. The van der Waals surface area contributed by atoms with E-state index in [1.54, 1.807) is 0 Å². The summed E-state index contributed by atoms with van der Waals surface area (Å²) in [6.45, 7) is 2.44. The summed E-state index contributed by atoms with van der Waals surface area (Å²) >= 11 is 0. The van der Waals surface area contributed by atoms with Gasteiger partial charge in [-0.2, -0.15) is 0 Å². The lowest BCUT2D eigenvalue weighted by Gasteiger charge is -2.44. The van der Waals surface area contributed by atoms with Crippen molar-refractivity contribution in [1.82, 2.24) is 10.6 Å². The molecule has 3 fully saturated rings. The van der Waals surface area contributed by atoms with Crippen LogP contribution in [0.15, 0.2) is 0 Å². The first-order chi connectivity index (χ1) is 8.39. The number of hydrogen-bond acceptors (Lipinski definition) is 2. The lowest BCUT2D eigenvalue weighted by Crippen LogP contribution is -2.52. The van der Waals surface area contributed by atoms with Gasteiger partial charge >= 0.3 is 0 Å². The van der Waals surface area contributed by atoms with Gasteiger partial charge in [-0.3, -0.25) is 0 Å².